The van der Waals surface area contributed by atoms with Crippen LogP contribution in [0.5, 0.6) is 0 Å². The van der Waals surface area contributed by atoms with Crippen LogP contribution in [0.2, 0.25) is 0 Å². The van der Waals surface area contributed by atoms with E-state index >= 15 is 0 Å². The lowest BCUT2D eigenvalue weighted by Crippen LogP contribution is -2.30. The van der Waals surface area contributed by atoms with E-state index in [1.165, 1.54) is 4.90 Å². The quantitative estimate of drug-likeness (QED) is 0.436. The molecule has 0 N–H and O–H groups in total. The maximum Gasteiger partial charge on any atom is 0.261 e. The molecular formula is C15H16BrNO3. The second-order valence-electron chi connectivity index (χ2n) is 4.79. The SMILES string of the molecule is O=C(CBr)CCCCCN1C(=O)c2ccccc2C1=O. The first-order valence-electron chi connectivity index (χ1n) is 6.68. The Morgan fingerprint density at radius 3 is 2.15 bits per heavy atom. The van der Waals surface area contributed by atoms with Gasteiger partial charge in [-0.3, -0.25) is 19.3 Å². The minimum Gasteiger partial charge on any atom is -0.299 e. The molecule has 4 nitrogen and oxygen atoms in total. The lowest BCUT2D eigenvalue weighted by Gasteiger charge is -2.13. The molecule has 0 aromatic heterocycles. The number of halogens is 1. The van der Waals surface area contributed by atoms with Crippen LogP contribution in [-0.4, -0.2) is 34.4 Å². The van der Waals surface area contributed by atoms with Crippen molar-refractivity contribution in [3.05, 3.63) is 35.4 Å². The van der Waals surface area contributed by atoms with Gasteiger partial charge in [0, 0.05) is 13.0 Å². The minimum absolute atomic E-state index is 0.186. The first-order valence-corrected chi connectivity index (χ1v) is 7.80. The van der Waals surface area contributed by atoms with Gasteiger partial charge in [-0.1, -0.05) is 34.5 Å². The molecule has 5 heteroatoms. The van der Waals surface area contributed by atoms with Crippen LogP contribution in [0.25, 0.3) is 0 Å². The topological polar surface area (TPSA) is 54.5 Å². The number of carbonyl (C=O) groups is 3. The van der Waals surface area contributed by atoms with Gasteiger partial charge in [0.2, 0.25) is 0 Å². The Morgan fingerprint density at radius 1 is 1.00 bits per heavy atom. The molecule has 0 unspecified atom stereocenters. The molecule has 0 bridgehead atoms. The summed E-state index contributed by atoms with van der Waals surface area (Å²) in [5.41, 5.74) is 0.985. The van der Waals surface area contributed by atoms with E-state index in [-0.39, 0.29) is 17.6 Å². The van der Waals surface area contributed by atoms with Gasteiger partial charge in [0.1, 0.15) is 5.78 Å². The van der Waals surface area contributed by atoms with Crippen LogP contribution >= 0.6 is 15.9 Å². The molecule has 1 aliphatic rings. The molecule has 0 saturated heterocycles. The van der Waals surface area contributed by atoms with Crippen molar-refractivity contribution in [2.45, 2.75) is 25.7 Å². The van der Waals surface area contributed by atoms with E-state index in [4.69, 9.17) is 0 Å². The van der Waals surface area contributed by atoms with Crippen molar-refractivity contribution in [1.82, 2.24) is 4.90 Å². The van der Waals surface area contributed by atoms with Crippen LogP contribution in [0.1, 0.15) is 46.4 Å². The Bertz CT molecular complexity index is 507. The van der Waals surface area contributed by atoms with E-state index in [9.17, 15) is 14.4 Å². The fourth-order valence-electron chi connectivity index (χ4n) is 2.28. The van der Waals surface area contributed by atoms with Crippen molar-refractivity contribution in [1.29, 1.82) is 0 Å². The highest BCUT2D eigenvalue weighted by atomic mass is 79.9. The highest BCUT2D eigenvalue weighted by Gasteiger charge is 2.34. The van der Waals surface area contributed by atoms with Gasteiger partial charge in [0.15, 0.2) is 0 Å². The van der Waals surface area contributed by atoms with Gasteiger partial charge >= 0.3 is 0 Å². The number of rotatable bonds is 7. The number of unbranched alkanes of at least 4 members (excludes halogenated alkanes) is 2. The number of hydrogen-bond donors (Lipinski definition) is 0. The number of benzene rings is 1. The van der Waals surface area contributed by atoms with Crippen LogP contribution in [-0.2, 0) is 4.79 Å². The lowest BCUT2D eigenvalue weighted by atomic mass is 10.1. The van der Waals surface area contributed by atoms with Gasteiger partial charge in [-0.05, 0) is 25.0 Å². The molecule has 20 heavy (non-hydrogen) atoms. The van der Waals surface area contributed by atoms with Crippen molar-refractivity contribution in [2.75, 3.05) is 11.9 Å². The standard InChI is InChI=1S/C15H16BrNO3/c16-10-11(18)6-2-1-5-9-17-14(19)12-7-3-4-8-13(12)15(17)20/h3-4,7-8H,1-2,5-6,9-10H2. The zero-order valence-electron chi connectivity index (χ0n) is 11.1. The highest BCUT2D eigenvalue weighted by molar-refractivity contribution is 9.09. The van der Waals surface area contributed by atoms with Crippen LogP contribution in [0.3, 0.4) is 0 Å². The number of nitrogens with zero attached hydrogens (tertiary/aromatic N) is 1. The van der Waals surface area contributed by atoms with Crippen LogP contribution in [0, 0.1) is 0 Å². The molecule has 0 atom stereocenters. The Labute approximate surface area is 126 Å². The number of imide groups is 1. The molecule has 0 aliphatic carbocycles. The molecule has 2 rings (SSSR count). The number of Topliss-reactive ketones (excluding diaryl/α,β-unsaturated/α-hetero) is 1. The van der Waals surface area contributed by atoms with E-state index in [1.807, 2.05) is 0 Å². The zero-order valence-corrected chi connectivity index (χ0v) is 12.7. The maximum absolute atomic E-state index is 12.1. The molecule has 0 fully saturated rings. The second kappa shape index (κ2) is 6.79. The molecule has 1 aliphatic heterocycles. The van der Waals surface area contributed by atoms with Crippen molar-refractivity contribution >= 4 is 33.5 Å². The van der Waals surface area contributed by atoms with Crippen molar-refractivity contribution in [2.24, 2.45) is 0 Å². The predicted molar refractivity (Wildman–Crippen MR) is 79.1 cm³/mol. The van der Waals surface area contributed by atoms with Gasteiger partial charge in [0.05, 0.1) is 16.5 Å². The van der Waals surface area contributed by atoms with Crippen molar-refractivity contribution in [3.63, 3.8) is 0 Å². The van der Waals surface area contributed by atoms with Gasteiger partial charge in [-0.25, -0.2) is 0 Å². The Kier molecular flexibility index (Phi) is 5.06. The van der Waals surface area contributed by atoms with Gasteiger partial charge in [0.25, 0.3) is 11.8 Å². The Balaban J connectivity index is 1.82. The summed E-state index contributed by atoms with van der Waals surface area (Å²) in [4.78, 5) is 36.6. The molecule has 1 heterocycles. The molecule has 1 aromatic carbocycles. The molecule has 0 saturated carbocycles. The molecule has 0 radical (unpaired) electrons. The highest BCUT2D eigenvalue weighted by Crippen LogP contribution is 2.22. The number of alkyl halides is 1. The minimum atomic E-state index is -0.206. The maximum atomic E-state index is 12.1. The first-order chi connectivity index (χ1) is 9.65. The lowest BCUT2D eigenvalue weighted by molar-refractivity contribution is -0.116. The van der Waals surface area contributed by atoms with E-state index in [0.29, 0.717) is 29.4 Å². The third-order valence-electron chi connectivity index (χ3n) is 3.36. The third kappa shape index (κ3) is 3.15. The summed E-state index contributed by atoms with van der Waals surface area (Å²) in [6.07, 6.45) is 2.92. The second-order valence-corrected chi connectivity index (χ2v) is 5.35. The summed E-state index contributed by atoms with van der Waals surface area (Å²) in [5.74, 6) is -0.227. The molecule has 106 valence electrons. The predicted octanol–water partition coefficient (Wildman–Crippen LogP) is 2.81. The Morgan fingerprint density at radius 2 is 1.60 bits per heavy atom. The molecule has 1 aromatic rings. The van der Waals surface area contributed by atoms with E-state index in [2.05, 4.69) is 15.9 Å². The fourth-order valence-corrected chi connectivity index (χ4v) is 2.56. The average molecular weight is 338 g/mol. The summed E-state index contributed by atoms with van der Waals surface area (Å²) in [5, 5.41) is 0.394. The van der Waals surface area contributed by atoms with Crippen molar-refractivity contribution < 1.29 is 14.4 Å². The molecule has 0 spiro atoms. The third-order valence-corrected chi connectivity index (χ3v) is 3.99. The monoisotopic (exact) mass is 337 g/mol. The summed E-state index contributed by atoms with van der Waals surface area (Å²) in [6, 6.07) is 6.90. The number of fused-ring (bicyclic) bond motifs is 1. The van der Waals surface area contributed by atoms with E-state index in [0.717, 1.165) is 19.3 Å². The average Bonchev–Trinajstić information content (AvgIpc) is 2.71. The largest absolute Gasteiger partial charge is 0.299 e. The first kappa shape index (κ1) is 14.9. The summed E-state index contributed by atoms with van der Waals surface area (Å²) in [7, 11) is 0. The van der Waals surface area contributed by atoms with Crippen LogP contribution in [0.15, 0.2) is 24.3 Å². The smallest absolute Gasteiger partial charge is 0.261 e. The van der Waals surface area contributed by atoms with Gasteiger partial charge < -0.3 is 0 Å². The summed E-state index contributed by atoms with van der Waals surface area (Å²) >= 11 is 3.12. The molecule has 2 amide bonds. The van der Waals surface area contributed by atoms with Gasteiger partial charge in [-0.2, -0.15) is 0 Å². The summed E-state index contributed by atoms with van der Waals surface area (Å²) < 4.78 is 0. The Hall–Kier alpha value is -1.49. The fraction of sp³-hybridized carbons (Fsp3) is 0.400. The number of amides is 2. The van der Waals surface area contributed by atoms with Crippen LogP contribution in [0.4, 0.5) is 0 Å². The number of ketones is 1. The van der Waals surface area contributed by atoms with E-state index in [1.54, 1.807) is 24.3 Å². The van der Waals surface area contributed by atoms with Gasteiger partial charge in [-0.15, -0.1) is 0 Å². The van der Waals surface area contributed by atoms with Crippen LogP contribution < -0.4 is 0 Å². The van der Waals surface area contributed by atoms with E-state index < -0.39 is 0 Å². The molecular weight excluding hydrogens is 322 g/mol. The summed E-state index contributed by atoms with van der Waals surface area (Å²) in [6.45, 7) is 0.425. The number of hydrogen-bond acceptors (Lipinski definition) is 3. The number of carbonyl (C=O) groups excluding carboxylic acids is 3. The zero-order chi connectivity index (χ0) is 14.5. The van der Waals surface area contributed by atoms with Crippen molar-refractivity contribution in [3.8, 4) is 0 Å². The normalized spacial score (nSPS) is 13.8.